The molecular weight excluding hydrogens is 165 g/mol. The van der Waals surface area contributed by atoms with Gasteiger partial charge in [-0.15, -0.1) is 0 Å². The first kappa shape index (κ1) is 8.30. The summed E-state index contributed by atoms with van der Waals surface area (Å²) in [5, 5.41) is 0.722. The topological polar surface area (TPSA) is 4.93 Å². The van der Waals surface area contributed by atoms with Crippen molar-refractivity contribution in [2.45, 2.75) is 13.8 Å². The van der Waals surface area contributed by atoms with Gasteiger partial charge in [-0.25, -0.2) is 4.39 Å². The normalized spacial score (nSPS) is 11.1. The molecule has 0 fully saturated rings. The molecule has 0 saturated carbocycles. The van der Waals surface area contributed by atoms with E-state index in [1.807, 2.05) is 36.7 Å². The van der Waals surface area contributed by atoms with Gasteiger partial charge in [0, 0.05) is 18.1 Å². The molecule has 0 aliphatic rings. The van der Waals surface area contributed by atoms with Gasteiger partial charge in [-0.3, -0.25) is 0 Å². The third-order valence-electron chi connectivity index (χ3n) is 2.59. The Labute approximate surface area is 76.8 Å². The van der Waals surface area contributed by atoms with Crippen molar-refractivity contribution in [3.63, 3.8) is 0 Å². The molecule has 2 heteroatoms. The average molecular weight is 177 g/mol. The molecule has 1 aromatic carbocycles. The number of aryl methyl sites for hydroxylation is 3. The quantitative estimate of drug-likeness (QED) is 0.583. The average Bonchev–Trinajstić information content (AvgIpc) is 2.38. The predicted octanol–water partition coefficient (Wildman–Crippen LogP) is 2.93. The van der Waals surface area contributed by atoms with Crippen molar-refractivity contribution in [1.29, 1.82) is 0 Å². The van der Waals surface area contributed by atoms with Crippen LogP contribution in [0.4, 0.5) is 4.39 Å². The van der Waals surface area contributed by atoms with Crippen LogP contribution in [0.25, 0.3) is 10.9 Å². The molecule has 1 nitrogen and oxygen atoms in total. The fourth-order valence-corrected chi connectivity index (χ4v) is 1.62. The lowest BCUT2D eigenvalue weighted by molar-refractivity contribution is 0.630. The van der Waals surface area contributed by atoms with Crippen LogP contribution in [-0.4, -0.2) is 4.57 Å². The SMILES string of the molecule is Cc1ccc2c(cc(C)n2C)c1F. The Morgan fingerprint density at radius 3 is 2.62 bits per heavy atom. The Morgan fingerprint density at radius 1 is 1.23 bits per heavy atom. The van der Waals surface area contributed by atoms with Crippen molar-refractivity contribution in [3.05, 3.63) is 35.3 Å². The second-order valence-electron chi connectivity index (χ2n) is 3.47. The van der Waals surface area contributed by atoms with Crippen LogP contribution in [0.3, 0.4) is 0 Å². The molecule has 0 spiro atoms. The first-order valence-corrected chi connectivity index (χ1v) is 4.32. The van der Waals surface area contributed by atoms with Gasteiger partial charge in [0.1, 0.15) is 5.82 Å². The Balaban J connectivity index is 2.94. The number of aromatic nitrogens is 1. The maximum absolute atomic E-state index is 13.6. The van der Waals surface area contributed by atoms with E-state index in [0.29, 0.717) is 5.56 Å². The number of nitrogens with zero attached hydrogens (tertiary/aromatic N) is 1. The van der Waals surface area contributed by atoms with E-state index < -0.39 is 0 Å². The van der Waals surface area contributed by atoms with Crippen molar-refractivity contribution < 1.29 is 4.39 Å². The fraction of sp³-hybridized carbons (Fsp3) is 0.273. The predicted molar refractivity (Wildman–Crippen MR) is 52.4 cm³/mol. The van der Waals surface area contributed by atoms with Crippen LogP contribution >= 0.6 is 0 Å². The van der Waals surface area contributed by atoms with E-state index in [4.69, 9.17) is 0 Å². The molecule has 0 aliphatic heterocycles. The van der Waals surface area contributed by atoms with Crippen LogP contribution in [0, 0.1) is 19.7 Å². The lowest BCUT2D eigenvalue weighted by Gasteiger charge is -2.00. The first-order chi connectivity index (χ1) is 6.11. The maximum atomic E-state index is 13.6. The van der Waals surface area contributed by atoms with Crippen LogP contribution in [0.15, 0.2) is 18.2 Å². The third-order valence-corrected chi connectivity index (χ3v) is 2.59. The molecule has 1 heterocycles. The highest BCUT2D eigenvalue weighted by Gasteiger charge is 2.08. The first-order valence-electron chi connectivity index (χ1n) is 4.32. The molecule has 1 aromatic heterocycles. The van der Waals surface area contributed by atoms with Crippen LogP contribution < -0.4 is 0 Å². The minimum absolute atomic E-state index is 0.0961. The van der Waals surface area contributed by atoms with E-state index in [9.17, 15) is 4.39 Å². The number of fused-ring (bicyclic) bond motifs is 1. The molecule has 0 radical (unpaired) electrons. The smallest absolute Gasteiger partial charge is 0.135 e. The molecule has 0 amide bonds. The maximum Gasteiger partial charge on any atom is 0.135 e. The van der Waals surface area contributed by atoms with E-state index in [-0.39, 0.29) is 5.82 Å². The number of rotatable bonds is 0. The zero-order valence-corrected chi connectivity index (χ0v) is 8.06. The second-order valence-corrected chi connectivity index (χ2v) is 3.47. The highest BCUT2D eigenvalue weighted by Crippen LogP contribution is 2.23. The summed E-state index contributed by atoms with van der Waals surface area (Å²) in [4.78, 5) is 0. The molecule has 13 heavy (non-hydrogen) atoms. The number of benzene rings is 1. The Morgan fingerprint density at radius 2 is 1.92 bits per heavy atom. The zero-order chi connectivity index (χ0) is 9.59. The third kappa shape index (κ3) is 1.05. The van der Waals surface area contributed by atoms with Crippen molar-refractivity contribution in [2.24, 2.45) is 7.05 Å². The van der Waals surface area contributed by atoms with Crippen LogP contribution in [0.5, 0.6) is 0 Å². The lowest BCUT2D eigenvalue weighted by atomic mass is 10.1. The van der Waals surface area contributed by atoms with Crippen molar-refractivity contribution in [2.75, 3.05) is 0 Å². The molecule has 0 saturated heterocycles. The van der Waals surface area contributed by atoms with Crippen molar-refractivity contribution in [1.82, 2.24) is 4.57 Å². The number of hydrogen-bond acceptors (Lipinski definition) is 0. The van der Waals surface area contributed by atoms with Crippen LogP contribution in [0.1, 0.15) is 11.3 Å². The highest BCUT2D eigenvalue weighted by molar-refractivity contribution is 5.82. The van der Waals surface area contributed by atoms with E-state index in [1.165, 1.54) is 0 Å². The summed E-state index contributed by atoms with van der Waals surface area (Å²) < 4.78 is 15.6. The molecule has 0 unspecified atom stereocenters. The minimum atomic E-state index is -0.0961. The Kier molecular flexibility index (Phi) is 1.65. The second kappa shape index (κ2) is 2.59. The summed E-state index contributed by atoms with van der Waals surface area (Å²) in [6.45, 7) is 3.77. The van der Waals surface area contributed by atoms with Crippen LogP contribution in [-0.2, 0) is 7.05 Å². The largest absolute Gasteiger partial charge is 0.348 e. The van der Waals surface area contributed by atoms with Crippen molar-refractivity contribution >= 4 is 10.9 Å². The molecule has 0 bridgehead atoms. The van der Waals surface area contributed by atoms with E-state index in [1.54, 1.807) is 6.92 Å². The fourth-order valence-electron chi connectivity index (χ4n) is 1.62. The monoisotopic (exact) mass is 177 g/mol. The van der Waals surface area contributed by atoms with Gasteiger partial charge in [0.05, 0.1) is 5.52 Å². The van der Waals surface area contributed by atoms with Gasteiger partial charge in [-0.05, 0) is 31.5 Å². The standard InChI is InChI=1S/C11H12FN/c1-7-4-5-10-9(11(7)12)6-8(2)13(10)3/h4-6H,1-3H3. The number of hydrogen-bond donors (Lipinski definition) is 0. The zero-order valence-electron chi connectivity index (χ0n) is 8.06. The summed E-state index contributed by atoms with van der Waals surface area (Å²) >= 11 is 0. The van der Waals surface area contributed by atoms with Gasteiger partial charge in [0.15, 0.2) is 0 Å². The minimum Gasteiger partial charge on any atom is -0.348 e. The van der Waals surface area contributed by atoms with Crippen molar-refractivity contribution in [3.8, 4) is 0 Å². The van der Waals surface area contributed by atoms with Gasteiger partial charge in [-0.1, -0.05) is 6.07 Å². The van der Waals surface area contributed by atoms with Gasteiger partial charge in [0.25, 0.3) is 0 Å². The molecule has 2 aromatic rings. The Bertz CT molecular complexity index is 468. The van der Waals surface area contributed by atoms with Gasteiger partial charge in [0.2, 0.25) is 0 Å². The summed E-state index contributed by atoms with van der Waals surface area (Å²) in [6.07, 6.45) is 0. The summed E-state index contributed by atoms with van der Waals surface area (Å²) in [7, 11) is 1.95. The van der Waals surface area contributed by atoms with Gasteiger partial charge in [-0.2, -0.15) is 0 Å². The molecular formula is C11H12FN. The van der Waals surface area contributed by atoms with E-state index in [0.717, 1.165) is 16.6 Å². The molecule has 68 valence electrons. The van der Waals surface area contributed by atoms with Crippen LogP contribution in [0.2, 0.25) is 0 Å². The summed E-state index contributed by atoms with van der Waals surface area (Å²) in [5.74, 6) is -0.0961. The molecule has 0 atom stereocenters. The molecule has 2 rings (SSSR count). The van der Waals surface area contributed by atoms with E-state index >= 15 is 0 Å². The molecule has 0 aliphatic carbocycles. The van der Waals surface area contributed by atoms with Gasteiger partial charge < -0.3 is 4.57 Å². The highest BCUT2D eigenvalue weighted by atomic mass is 19.1. The summed E-state index contributed by atoms with van der Waals surface area (Å²) in [6, 6.07) is 5.66. The van der Waals surface area contributed by atoms with Gasteiger partial charge >= 0.3 is 0 Å². The Hall–Kier alpha value is -1.31. The lowest BCUT2D eigenvalue weighted by Crippen LogP contribution is -1.90. The van der Waals surface area contributed by atoms with E-state index in [2.05, 4.69) is 0 Å². The number of halogens is 1. The molecule has 0 N–H and O–H groups in total. The summed E-state index contributed by atoms with van der Waals surface area (Å²) in [5.41, 5.74) is 2.75.